The maximum absolute atomic E-state index is 11.0. The molecule has 2 aromatic heterocycles. The molecule has 0 spiro atoms. The van der Waals surface area contributed by atoms with Crippen molar-refractivity contribution in [3.8, 4) is 17.0 Å². The number of hydrogen-bond donors (Lipinski definition) is 0. The average Bonchev–Trinajstić information content (AvgIpc) is 3.49. The molecule has 222 valence electrons. The third-order valence-electron chi connectivity index (χ3n) is 7.64. The van der Waals surface area contributed by atoms with Gasteiger partial charge in [0.25, 0.3) is 10.1 Å². The van der Waals surface area contributed by atoms with Crippen molar-refractivity contribution in [1.82, 2.24) is 19.6 Å². The highest BCUT2D eigenvalue weighted by molar-refractivity contribution is 7.85. The minimum atomic E-state index is -3.39. The molecule has 12 heteroatoms. The van der Waals surface area contributed by atoms with E-state index in [1.807, 2.05) is 21.8 Å². The van der Waals surface area contributed by atoms with E-state index in [-0.39, 0.29) is 17.9 Å². The lowest BCUT2D eigenvalue weighted by atomic mass is 10.1. The minimum absolute atomic E-state index is 0.0801. The van der Waals surface area contributed by atoms with E-state index in [1.54, 1.807) is 0 Å². The Morgan fingerprint density at radius 1 is 1.12 bits per heavy atom. The molecule has 1 atom stereocenters. The second kappa shape index (κ2) is 12.7. The molecule has 3 heterocycles. The van der Waals surface area contributed by atoms with Crippen molar-refractivity contribution < 1.29 is 26.5 Å². The molecule has 1 aliphatic heterocycles. The fourth-order valence-corrected chi connectivity index (χ4v) is 5.81. The number of hydrogen-bond acceptors (Lipinski definition) is 8. The highest BCUT2D eigenvalue weighted by Gasteiger charge is 2.39. The Morgan fingerprint density at radius 3 is 2.60 bits per heavy atom. The van der Waals surface area contributed by atoms with E-state index in [4.69, 9.17) is 23.2 Å². The highest BCUT2D eigenvalue weighted by Crippen LogP contribution is 2.39. The Labute approximate surface area is 239 Å². The molecule has 1 fully saturated rings. The third-order valence-corrected chi connectivity index (χ3v) is 12.6. The van der Waals surface area contributed by atoms with E-state index in [0.29, 0.717) is 26.2 Å². The van der Waals surface area contributed by atoms with Gasteiger partial charge in [-0.25, -0.2) is 4.68 Å². The van der Waals surface area contributed by atoms with Crippen LogP contribution in [0.25, 0.3) is 22.2 Å². The van der Waals surface area contributed by atoms with Crippen LogP contribution in [0, 0.1) is 0 Å². The molecule has 1 aliphatic rings. The molecule has 0 saturated carbocycles. The fraction of sp³-hybridized carbons (Fsp3) is 0.643. The second-order valence-corrected chi connectivity index (χ2v) is 18.4. The predicted molar refractivity (Wildman–Crippen MR) is 158 cm³/mol. The van der Waals surface area contributed by atoms with Crippen molar-refractivity contribution in [1.29, 1.82) is 0 Å². The molecule has 1 aromatic carbocycles. The summed E-state index contributed by atoms with van der Waals surface area (Å²) in [4.78, 5) is 0. The number of fused-ring (bicyclic) bond motifs is 1. The smallest absolute Gasteiger partial charge is 0.264 e. The lowest BCUT2D eigenvalue weighted by Gasteiger charge is -2.36. The van der Waals surface area contributed by atoms with Gasteiger partial charge < -0.3 is 13.9 Å². The standard InChI is InChI=1S/C28H44N4O6SSi/c1-28(2,3)40(5,6)38-23-12-13-25-24(19-23)27(30-32(25)26-11-7-8-16-36-26)22-20-29-31(21-22)14-18-35-15-9-10-17-37-39(4,33)34/h12-13,19-21,26H,7-11,14-18H2,1-6H3. The van der Waals surface area contributed by atoms with E-state index in [9.17, 15) is 8.42 Å². The van der Waals surface area contributed by atoms with Gasteiger partial charge in [0.05, 0.1) is 37.7 Å². The topological polar surface area (TPSA) is 107 Å². The zero-order valence-corrected chi connectivity index (χ0v) is 26.5. The van der Waals surface area contributed by atoms with Crippen LogP contribution in [0.2, 0.25) is 18.1 Å². The Balaban J connectivity index is 1.48. The van der Waals surface area contributed by atoms with E-state index in [0.717, 1.165) is 66.5 Å². The summed E-state index contributed by atoms with van der Waals surface area (Å²) < 4.78 is 49.1. The Hall–Kier alpha value is -2.25. The van der Waals surface area contributed by atoms with Gasteiger partial charge in [-0.3, -0.25) is 8.86 Å². The Kier molecular flexibility index (Phi) is 9.77. The molecule has 1 unspecified atom stereocenters. The average molecular weight is 593 g/mol. The van der Waals surface area contributed by atoms with E-state index >= 15 is 0 Å². The van der Waals surface area contributed by atoms with E-state index in [1.165, 1.54) is 0 Å². The molecule has 10 nitrogen and oxygen atoms in total. The SMILES string of the molecule is CC(C)(C)[Si](C)(C)Oc1ccc2c(c1)c(-c1cnn(CCOCCCCOS(C)(=O)=O)c1)nn2C1CCCCO1. The molecule has 1 saturated heterocycles. The van der Waals surface area contributed by atoms with E-state index in [2.05, 4.69) is 57.2 Å². The molecule has 0 bridgehead atoms. The Morgan fingerprint density at radius 2 is 1.90 bits per heavy atom. The van der Waals surface area contributed by atoms with Crippen LogP contribution in [-0.4, -0.2) is 69.0 Å². The van der Waals surface area contributed by atoms with Crippen molar-refractivity contribution in [2.24, 2.45) is 0 Å². The zero-order valence-electron chi connectivity index (χ0n) is 24.7. The van der Waals surface area contributed by atoms with Crippen LogP contribution < -0.4 is 4.43 Å². The highest BCUT2D eigenvalue weighted by atomic mass is 32.2. The number of aromatic nitrogens is 4. The van der Waals surface area contributed by atoms with Gasteiger partial charge in [-0.05, 0) is 68.4 Å². The number of rotatable bonds is 13. The predicted octanol–water partition coefficient (Wildman–Crippen LogP) is 5.76. The van der Waals surface area contributed by atoms with Gasteiger partial charge in [0, 0.05) is 30.4 Å². The van der Waals surface area contributed by atoms with Crippen molar-refractivity contribution in [2.45, 2.75) is 83.8 Å². The molecule has 0 aliphatic carbocycles. The normalized spacial score (nSPS) is 17.0. The number of ether oxygens (including phenoxy) is 2. The first-order chi connectivity index (χ1) is 18.8. The molecule has 0 N–H and O–H groups in total. The molecule has 0 amide bonds. The van der Waals surface area contributed by atoms with Crippen LogP contribution >= 0.6 is 0 Å². The first-order valence-corrected chi connectivity index (χ1v) is 18.8. The quantitative estimate of drug-likeness (QED) is 0.140. The van der Waals surface area contributed by atoms with Crippen LogP contribution in [0.4, 0.5) is 0 Å². The third kappa shape index (κ3) is 7.94. The van der Waals surface area contributed by atoms with Crippen molar-refractivity contribution in [3.63, 3.8) is 0 Å². The van der Waals surface area contributed by atoms with Crippen LogP contribution in [0.5, 0.6) is 5.75 Å². The molecule has 4 rings (SSSR count). The van der Waals surface area contributed by atoms with Crippen LogP contribution in [-0.2, 0) is 30.3 Å². The summed E-state index contributed by atoms with van der Waals surface area (Å²) in [7, 11) is -5.39. The van der Waals surface area contributed by atoms with Gasteiger partial charge in [0.15, 0.2) is 6.23 Å². The summed E-state index contributed by atoms with van der Waals surface area (Å²) in [5.41, 5.74) is 2.82. The summed E-state index contributed by atoms with van der Waals surface area (Å²) in [5, 5.41) is 10.7. The fourth-order valence-electron chi connectivity index (χ4n) is 4.37. The Bertz CT molecular complexity index is 1370. The van der Waals surface area contributed by atoms with Gasteiger partial charge >= 0.3 is 0 Å². The first-order valence-electron chi connectivity index (χ1n) is 14.1. The van der Waals surface area contributed by atoms with Gasteiger partial charge in [-0.2, -0.15) is 18.6 Å². The van der Waals surface area contributed by atoms with Crippen LogP contribution in [0.3, 0.4) is 0 Å². The lowest BCUT2D eigenvalue weighted by Crippen LogP contribution is -2.43. The summed E-state index contributed by atoms with van der Waals surface area (Å²) in [6.45, 7) is 13.8. The minimum Gasteiger partial charge on any atom is -0.543 e. The zero-order chi connectivity index (χ0) is 29.0. The molecule has 40 heavy (non-hydrogen) atoms. The van der Waals surface area contributed by atoms with Crippen molar-refractivity contribution in [2.75, 3.05) is 32.7 Å². The monoisotopic (exact) mass is 592 g/mol. The maximum atomic E-state index is 11.0. The summed E-state index contributed by atoms with van der Waals surface area (Å²) in [6.07, 6.45) is 9.31. The molecule has 3 aromatic rings. The molecular weight excluding hydrogens is 548 g/mol. The summed E-state index contributed by atoms with van der Waals surface area (Å²) in [5.74, 6) is 0.868. The van der Waals surface area contributed by atoms with Crippen molar-refractivity contribution in [3.05, 3.63) is 30.6 Å². The second-order valence-electron chi connectivity index (χ2n) is 12.0. The van der Waals surface area contributed by atoms with Crippen molar-refractivity contribution >= 4 is 29.3 Å². The first kappa shape index (κ1) is 30.7. The van der Waals surface area contributed by atoms with Gasteiger partial charge in [0.1, 0.15) is 11.4 Å². The number of unbranched alkanes of at least 4 members (excludes halogenated alkanes) is 1. The number of benzene rings is 1. The molecular formula is C28H44N4O6SSi. The van der Waals surface area contributed by atoms with Gasteiger partial charge in [-0.15, -0.1) is 0 Å². The van der Waals surface area contributed by atoms with Gasteiger partial charge in [-0.1, -0.05) is 20.8 Å². The van der Waals surface area contributed by atoms with Gasteiger partial charge in [0.2, 0.25) is 8.32 Å². The largest absolute Gasteiger partial charge is 0.543 e. The van der Waals surface area contributed by atoms with Crippen LogP contribution in [0.1, 0.15) is 59.1 Å². The molecule has 0 radical (unpaired) electrons. The number of nitrogens with zero attached hydrogens (tertiary/aromatic N) is 4. The van der Waals surface area contributed by atoms with Crippen LogP contribution in [0.15, 0.2) is 30.6 Å². The lowest BCUT2D eigenvalue weighted by molar-refractivity contribution is -0.0365. The van der Waals surface area contributed by atoms with E-state index < -0.39 is 18.4 Å². The summed E-state index contributed by atoms with van der Waals surface area (Å²) in [6, 6.07) is 6.28. The summed E-state index contributed by atoms with van der Waals surface area (Å²) >= 11 is 0. The maximum Gasteiger partial charge on any atom is 0.264 e.